The Hall–Kier alpha value is -2.72. The van der Waals surface area contributed by atoms with E-state index >= 15 is 0 Å². The van der Waals surface area contributed by atoms with Crippen molar-refractivity contribution in [3.8, 4) is 5.75 Å². The molecule has 0 saturated heterocycles. The fourth-order valence-electron chi connectivity index (χ4n) is 2.93. The number of aromatic nitrogens is 2. The Labute approximate surface area is 144 Å². The van der Waals surface area contributed by atoms with Crippen LogP contribution in [0, 0.1) is 0 Å². The second-order valence-corrected chi connectivity index (χ2v) is 5.87. The Bertz CT molecular complexity index is 976. The summed E-state index contributed by atoms with van der Waals surface area (Å²) in [5.74, 6) is 1.49. The first-order valence-corrected chi connectivity index (χ1v) is 7.94. The first kappa shape index (κ1) is 14.8. The topological polar surface area (TPSA) is 40.2 Å². The maximum Gasteiger partial charge on any atom is 0.176 e. The molecule has 0 spiro atoms. The van der Waals surface area contributed by atoms with Gasteiger partial charge in [-0.3, -0.25) is 0 Å². The number of para-hydroxylation sites is 1. The van der Waals surface area contributed by atoms with Crippen LogP contribution in [0.5, 0.6) is 5.75 Å². The van der Waals surface area contributed by atoms with E-state index in [4.69, 9.17) is 20.8 Å². The number of methoxy groups -OCH3 is 1. The zero-order valence-corrected chi connectivity index (χ0v) is 13.8. The molecule has 2 aromatic heterocycles. The molecule has 4 aromatic rings. The monoisotopic (exact) mass is 338 g/mol. The number of nitrogens with zero attached hydrogens (tertiary/aromatic N) is 2. The van der Waals surface area contributed by atoms with Crippen molar-refractivity contribution in [3.05, 3.63) is 83.6 Å². The van der Waals surface area contributed by atoms with E-state index in [0.717, 1.165) is 22.3 Å². The SMILES string of the molecule is COc1cccc2cc(C(c3ccccc3Cl)n3ccnc3)oc12. The molecule has 0 bridgehead atoms. The number of hydrogen-bond acceptors (Lipinski definition) is 3. The summed E-state index contributed by atoms with van der Waals surface area (Å²) in [5.41, 5.74) is 1.68. The highest BCUT2D eigenvalue weighted by atomic mass is 35.5. The Kier molecular flexibility index (Phi) is 3.75. The lowest BCUT2D eigenvalue weighted by Crippen LogP contribution is -2.10. The van der Waals surface area contributed by atoms with Gasteiger partial charge in [0.15, 0.2) is 11.3 Å². The summed E-state index contributed by atoms with van der Waals surface area (Å²) in [5, 5.41) is 1.67. The van der Waals surface area contributed by atoms with E-state index in [1.165, 1.54) is 0 Å². The van der Waals surface area contributed by atoms with Crippen LogP contribution in [0.3, 0.4) is 0 Å². The summed E-state index contributed by atoms with van der Waals surface area (Å²) >= 11 is 6.44. The summed E-state index contributed by atoms with van der Waals surface area (Å²) in [4.78, 5) is 4.16. The summed E-state index contributed by atoms with van der Waals surface area (Å²) in [6.45, 7) is 0. The van der Waals surface area contributed by atoms with Crippen LogP contribution in [-0.4, -0.2) is 16.7 Å². The minimum Gasteiger partial charge on any atom is -0.493 e. The standard InChI is InChI=1S/C19H15ClN2O2/c1-23-16-8-4-5-13-11-17(24-19(13)16)18(22-10-9-21-12-22)14-6-2-3-7-15(14)20/h2-12,18H,1H3. The van der Waals surface area contributed by atoms with Gasteiger partial charge in [0.2, 0.25) is 0 Å². The normalized spacial score (nSPS) is 12.4. The molecule has 4 nitrogen and oxygen atoms in total. The zero-order valence-electron chi connectivity index (χ0n) is 13.0. The van der Waals surface area contributed by atoms with Gasteiger partial charge in [0.25, 0.3) is 0 Å². The lowest BCUT2D eigenvalue weighted by atomic mass is 10.0. The highest BCUT2D eigenvalue weighted by molar-refractivity contribution is 6.31. The quantitative estimate of drug-likeness (QED) is 0.529. The van der Waals surface area contributed by atoms with Crippen molar-refractivity contribution in [2.75, 3.05) is 7.11 Å². The molecule has 0 fully saturated rings. The predicted octanol–water partition coefficient (Wildman–Crippen LogP) is 4.93. The third kappa shape index (κ3) is 2.45. The van der Waals surface area contributed by atoms with Crippen LogP contribution in [0.1, 0.15) is 17.4 Å². The van der Waals surface area contributed by atoms with E-state index in [9.17, 15) is 0 Å². The molecule has 0 amide bonds. The second-order valence-electron chi connectivity index (χ2n) is 5.46. The van der Waals surface area contributed by atoms with Crippen molar-refractivity contribution in [1.29, 1.82) is 0 Å². The fraction of sp³-hybridized carbons (Fsp3) is 0.105. The summed E-state index contributed by atoms with van der Waals surface area (Å²) in [7, 11) is 1.64. The minimum absolute atomic E-state index is 0.196. The summed E-state index contributed by atoms with van der Waals surface area (Å²) in [6.07, 6.45) is 5.41. The van der Waals surface area contributed by atoms with Crippen LogP contribution in [-0.2, 0) is 0 Å². The Balaban J connectivity index is 1.93. The van der Waals surface area contributed by atoms with Crippen molar-refractivity contribution in [1.82, 2.24) is 9.55 Å². The van der Waals surface area contributed by atoms with Crippen molar-refractivity contribution in [3.63, 3.8) is 0 Å². The first-order valence-electron chi connectivity index (χ1n) is 7.56. The maximum atomic E-state index is 6.44. The molecule has 5 heteroatoms. The molecule has 0 radical (unpaired) electrons. The fourth-order valence-corrected chi connectivity index (χ4v) is 3.17. The van der Waals surface area contributed by atoms with Gasteiger partial charge in [0.05, 0.1) is 13.4 Å². The maximum absolute atomic E-state index is 6.44. The van der Waals surface area contributed by atoms with E-state index in [-0.39, 0.29) is 6.04 Å². The van der Waals surface area contributed by atoms with E-state index in [1.54, 1.807) is 19.6 Å². The van der Waals surface area contributed by atoms with Gasteiger partial charge in [0, 0.05) is 28.4 Å². The van der Waals surface area contributed by atoms with Gasteiger partial charge in [-0.1, -0.05) is 41.9 Å². The molecule has 0 aliphatic rings. The van der Waals surface area contributed by atoms with E-state index in [1.807, 2.05) is 59.3 Å². The highest BCUT2D eigenvalue weighted by Crippen LogP contribution is 2.37. The lowest BCUT2D eigenvalue weighted by molar-refractivity contribution is 0.404. The number of rotatable bonds is 4. The van der Waals surface area contributed by atoms with E-state index in [2.05, 4.69) is 4.98 Å². The molecule has 1 atom stereocenters. The number of hydrogen-bond donors (Lipinski definition) is 0. The number of furan rings is 1. The largest absolute Gasteiger partial charge is 0.493 e. The van der Waals surface area contributed by atoms with Gasteiger partial charge in [-0.05, 0) is 18.2 Å². The van der Waals surface area contributed by atoms with Crippen LogP contribution in [0.4, 0.5) is 0 Å². The highest BCUT2D eigenvalue weighted by Gasteiger charge is 2.23. The van der Waals surface area contributed by atoms with Crippen LogP contribution in [0.25, 0.3) is 11.0 Å². The number of imidazole rings is 1. The van der Waals surface area contributed by atoms with Crippen molar-refractivity contribution in [2.45, 2.75) is 6.04 Å². The first-order chi connectivity index (χ1) is 11.8. The molecular formula is C19H15ClN2O2. The Morgan fingerprint density at radius 3 is 2.79 bits per heavy atom. The molecule has 24 heavy (non-hydrogen) atoms. The third-order valence-corrected chi connectivity index (χ3v) is 4.38. The van der Waals surface area contributed by atoms with Crippen molar-refractivity contribution in [2.24, 2.45) is 0 Å². The Morgan fingerprint density at radius 1 is 1.17 bits per heavy atom. The van der Waals surface area contributed by atoms with Gasteiger partial charge < -0.3 is 13.7 Å². The average Bonchev–Trinajstić information content (AvgIpc) is 3.26. The van der Waals surface area contributed by atoms with Crippen molar-refractivity contribution >= 4 is 22.6 Å². The predicted molar refractivity (Wildman–Crippen MR) is 93.7 cm³/mol. The number of fused-ring (bicyclic) bond motifs is 1. The van der Waals surface area contributed by atoms with E-state index < -0.39 is 0 Å². The van der Waals surface area contributed by atoms with Gasteiger partial charge in [-0.25, -0.2) is 4.98 Å². The van der Waals surface area contributed by atoms with Crippen molar-refractivity contribution < 1.29 is 9.15 Å². The van der Waals surface area contributed by atoms with Gasteiger partial charge >= 0.3 is 0 Å². The summed E-state index contributed by atoms with van der Waals surface area (Å²) < 4.78 is 13.5. The van der Waals surface area contributed by atoms with E-state index in [0.29, 0.717) is 10.8 Å². The zero-order chi connectivity index (χ0) is 16.5. The van der Waals surface area contributed by atoms with Gasteiger partial charge in [0.1, 0.15) is 11.8 Å². The summed E-state index contributed by atoms with van der Waals surface area (Å²) in [6, 6.07) is 15.4. The smallest absolute Gasteiger partial charge is 0.176 e. The number of benzene rings is 2. The molecule has 0 saturated carbocycles. The average molecular weight is 339 g/mol. The molecular weight excluding hydrogens is 324 g/mol. The van der Waals surface area contributed by atoms with Crippen LogP contribution in [0.15, 0.2) is 71.7 Å². The molecule has 0 N–H and O–H groups in total. The molecule has 120 valence electrons. The van der Waals surface area contributed by atoms with Crippen LogP contribution in [0.2, 0.25) is 5.02 Å². The molecule has 1 unspecified atom stereocenters. The number of ether oxygens (including phenoxy) is 1. The molecule has 2 heterocycles. The number of halogens is 1. The molecule has 4 rings (SSSR count). The lowest BCUT2D eigenvalue weighted by Gasteiger charge is -2.18. The van der Waals surface area contributed by atoms with Gasteiger partial charge in [-0.15, -0.1) is 0 Å². The minimum atomic E-state index is -0.196. The molecule has 0 aliphatic carbocycles. The molecule has 0 aliphatic heterocycles. The second kappa shape index (κ2) is 6.06. The van der Waals surface area contributed by atoms with Crippen LogP contribution < -0.4 is 4.74 Å². The third-order valence-electron chi connectivity index (χ3n) is 4.04. The van der Waals surface area contributed by atoms with Gasteiger partial charge in [-0.2, -0.15) is 0 Å². The van der Waals surface area contributed by atoms with Crippen LogP contribution >= 0.6 is 11.6 Å². The molecule has 2 aromatic carbocycles. The Morgan fingerprint density at radius 2 is 2.04 bits per heavy atom.